The van der Waals surface area contributed by atoms with E-state index in [2.05, 4.69) is 31.2 Å². The smallest absolute Gasteiger partial charge is 0.130 e. The number of hydrogen-bond acceptors (Lipinski definition) is 1. The third kappa shape index (κ3) is 3.42. The highest BCUT2D eigenvalue weighted by Gasteiger charge is 2.22. The second-order valence-electron chi connectivity index (χ2n) is 5.53. The molecule has 0 aliphatic heterocycles. The average molecular weight is 230 g/mol. The minimum atomic E-state index is 0.351. The second-order valence-corrected chi connectivity index (χ2v) is 5.53. The first-order valence-corrected chi connectivity index (χ1v) is 6.71. The minimum absolute atomic E-state index is 0.351. The number of carbonyl (C=O) groups is 1. The molecule has 1 nitrogen and oxygen atoms in total. The normalized spacial score (nSPS) is 24.6. The van der Waals surface area contributed by atoms with Gasteiger partial charge in [0.05, 0.1) is 0 Å². The molecule has 0 radical (unpaired) electrons. The van der Waals surface area contributed by atoms with Crippen molar-refractivity contribution in [2.24, 2.45) is 5.92 Å². The highest BCUT2D eigenvalue weighted by atomic mass is 16.1. The Kier molecular flexibility index (Phi) is 3.98. The van der Waals surface area contributed by atoms with Crippen LogP contribution in [0.5, 0.6) is 0 Å². The first-order valence-electron chi connectivity index (χ1n) is 6.71. The molecular formula is C16H22O. The Hall–Kier alpha value is -1.11. The van der Waals surface area contributed by atoms with Crippen molar-refractivity contribution in [2.75, 3.05) is 0 Å². The van der Waals surface area contributed by atoms with E-state index in [0.29, 0.717) is 11.7 Å². The van der Waals surface area contributed by atoms with Crippen LogP contribution < -0.4 is 0 Å². The van der Waals surface area contributed by atoms with Crippen molar-refractivity contribution in [3.8, 4) is 0 Å². The summed E-state index contributed by atoms with van der Waals surface area (Å²) in [5.41, 5.74) is 2.82. The molecule has 1 saturated carbocycles. The molecule has 0 saturated heterocycles. The zero-order valence-electron chi connectivity index (χ0n) is 10.9. The van der Waals surface area contributed by atoms with Gasteiger partial charge in [-0.15, -0.1) is 0 Å². The van der Waals surface area contributed by atoms with Crippen LogP contribution in [-0.4, -0.2) is 5.78 Å². The number of rotatable bonds is 3. The maximum Gasteiger partial charge on any atom is 0.130 e. The lowest BCUT2D eigenvalue weighted by molar-refractivity contribution is -0.118. The van der Waals surface area contributed by atoms with Gasteiger partial charge in [-0.1, -0.05) is 29.8 Å². The van der Waals surface area contributed by atoms with E-state index in [-0.39, 0.29) is 0 Å². The summed E-state index contributed by atoms with van der Waals surface area (Å²) in [4.78, 5) is 11.1. The molecule has 0 aromatic heterocycles. The summed E-state index contributed by atoms with van der Waals surface area (Å²) in [5.74, 6) is 1.72. The topological polar surface area (TPSA) is 17.1 Å². The van der Waals surface area contributed by atoms with Crippen LogP contribution in [0, 0.1) is 12.8 Å². The molecule has 1 aliphatic carbocycles. The summed E-state index contributed by atoms with van der Waals surface area (Å²) in [7, 11) is 0. The third-order valence-corrected chi connectivity index (χ3v) is 3.97. The minimum Gasteiger partial charge on any atom is -0.300 e. The Morgan fingerprint density at radius 2 is 1.71 bits per heavy atom. The van der Waals surface area contributed by atoms with Crippen molar-refractivity contribution < 1.29 is 4.79 Å². The van der Waals surface area contributed by atoms with Gasteiger partial charge in [0, 0.05) is 6.42 Å². The summed E-state index contributed by atoms with van der Waals surface area (Å²) in [5, 5.41) is 0. The van der Waals surface area contributed by atoms with E-state index in [4.69, 9.17) is 0 Å². The van der Waals surface area contributed by atoms with E-state index in [1.807, 2.05) is 0 Å². The fourth-order valence-corrected chi connectivity index (χ4v) is 2.95. The molecule has 17 heavy (non-hydrogen) atoms. The van der Waals surface area contributed by atoms with Gasteiger partial charge in [-0.3, -0.25) is 0 Å². The van der Waals surface area contributed by atoms with Crippen LogP contribution in [0.1, 0.15) is 56.1 Å². The van der Waals surface area contributed by atoms with Crippen molar-refractivity contribution in [2.45, 2.75) is 51.9 Å². The number of carbonyl (C=O) groups excluding carboxylic acids is 1. The highest BCUT2D eigenvalue weighted by molar-refractivity contribution is 5.75. The van der Waals surface area contributed by atoms with Crippen molar-refractivity contribution in [3.05, 3.63) is 35.4 Å². The zero-order valence-corrected chi connectivity index (χ0v) is 10.9. The Bertz CT molecular complexity index is 369. The van der Waals surface area contributed by atoms with E-state index in [1.54, 1.807) is 6.92 Å². The lowest BCUT2D eigenvalue weighted by Crippen LogP contribution is -2.15. The summed E-state index contributed by atoms with van der Waals surface area (Å²) >= 11 is 0. The van der Waals surface area contributed by atoms with Gasteiger partial charge < -0.3 is 4.79 Å². The van der Waals surface area contributed by atoms with Gasteiger partial charge in [0.25, 0.3) is 0 Å². The van der Waals surface area contributed by atoms with Crippen molar-refractivity contribution in [1.82, 2.24) is 0 Å². The molecule has 1 aromatic rings. The molecule has 0 heterocycles. The lowest BCUT2D eigenvalue weighted by atomic mass is 9.77. The largest absolute Gasteiger partial charge is 0.300 e. The Morgan fingerprint density at radius 3 is 2.24 bits per heavy atom. The second kappa shape index (κ2) is 5.48. The van der Waals surface area contributed by atoms with E-state index < -0.39 is 0 Å². The van der Waals surface area contributed by atoms with Crippen LogP contribution in [0.15, 0.2) is 24.3 Å². The summed E-state index contributed by atoms with van der Waals surface area (Å²) in [6.45, 7) is 3.85. The number of benzene rings is 1. The summed E-state index contributed by atoms with van der Waals surface area (Å²) < 4.78 is 0. The predicted octanol–water partition coefficient (Wildman–Crippen LogP) is 4.25. The monoisotopic (exact) mass is 230 g/mol. The molecule has 92 valence electrons. The number of aryl methyl sites for hydroxylation is 1. The van der Waals surface area contributed by atoms with Crippen LogP contribution >= 0.6 is 0 Å². The predicted molar refractivity (Wildman–Crippen MR) is 71.2 cm³/mol. The van der Waals surface area contributed by atoms with Gasteiger partial charge in [-0.25, -0.2) is 0 Å². The van der Waals surface area contributed by atoms with Crippen molar-refractivity contribution in [3.63, 3.8) is 0 Å². The molecule has 1 heteroatoms. The van der Waals surface area contributed by atoms with Gasteiger partial charge in [0.15, 0.2) is 0 Å². The number of Topliss-reactive ketones (excluding diaryl/α,β-unsaturated/α-hetero) is 1. The van der Waals surface area contributed by atoms with Crippen LogP contribution in [0.25, 0.3) is 0 Å². The van der Waals surface area contributed by atoms with Gasteiger partial charge in [0.1, 0.15) is 5.78 Å². The molecule has 0 bridgehead atoms. The molecule has 1 fully saturated rings. The quantitative estimate of drug-likeness (QED) is 0.758. The van der Waals surface area contributed by atoms with Gasteiger partial charge in [0.2, 0.25) is 0 Å². The van der Waals surface area contributed by atoms with E-state index in [9.17, 15) is 4.79 Å². The lowest BCUT2D eigenvalue weighted by Gasteiger charge is -2.28. The Morgan fingerprint density at radius 1 is 1.12 bits per heavy atom. The molecular weight excluding hydrogens is 208 g/mol. The molecule has 0 N–H and O–H groups in total. The molecule has 1 aliphatic rings. The maximum absolute atomic E-state index is 11.1. The third-order valence-electron chi connectivity index (χ3n) is 3.97. The SMILES string of the molecule is CC(=O)CC1CCC(c2ccc(C)cc2)CC1. The zero-order chi connectivity index (χ0) is 12.3. The van der Waals surface area contributed by atoms with Crippen LogP contribution in [0.4, 0.5) is 0 Å². The van der Waals surface area contributed by atoms with Gasteiger partial charge >= 0.3 is 0 Å². The Balaban J connectivity index is 1.90. The first-order chi connectivity index (χ1) is 8.15. The molecule has 0 atom stereocenters. The van der Waals surface area contributed by atoms with E-state index in [0.717, 1.165) is 12.3 Å². The van der Waals surface area contributed by atoms with Crippen LogP contribution in [0.2, 0.25) is 0 Å². The fourth-order valence-electron chi connectivity index (χ4n) is 2.95. The number of hydrogen-bond donors (Lipinski definition) is 0. The molecule has 1 aromatic carbocycles. The highest BCUT2D eigenvalue weighted by Crippen LogP contribution is 2.37. The summed E-state index contributed by atoms with van der Waals surface area (Å²) in [6, 6.07) is 8.95. The van der Waals surface area contributed by atoms with E-state index >= 15 is 0 Å². The van der Waals surface area contributed by atoms with Gasteiger partial charge in [-0.2, -0.15) is 0 Å². The fraction of sp³-hybridized carbons (Fsp3) is 0.562. The molecule has 0 spiro atoms. The first kappa shape index (κ1) is 12.3. The van der Waals surface area contributed by atoms with Crippen molar-refractivity contribution >= 4 is 5.78 Å². The Labute approximate surface area is 104 Å². The van der Waals surface area contributed by atoms with Crippen molar-refractivity contribution in [1.29, 1.82) is 0 Å². The maximum atomic E-state index is 11.1. The standard InChI is InChI=1S/C16H22O/c1-12-3-7-15(8-4-12)16-9-5-14(6-10-16)11-13(2)17/h3-4,7-8,14,16H,5-6,9-11H2,1-2H3. The molecule has 0 unspecified atom stereocenters. The molecule has 2 rings (SSSR count). The summed E-state index contributed by atoms with van der Waals surface area (Å²) in [6.07, 6.45) is 5.73. The van der Waals surface area contributed by atoms with Gasteiger partial charge in [-0.05, 0) is 56.9 Å². The van der Waals surface area contributed by atoms with E-state index in [1.165, 1.54) is 36.8 Å². The number of ketones is 1. The van der Waals surface area contributed by atoms with Crippen LogP contribution in [0.3, 0.4) is 0 Å². The molecule has 0 amide bonds. The average Bonchev–Trinajstić information content (AvgIpc) is 2.30. The van der Waals surface area contributed by atoms with Crippen LogP contribution in [-0.2, 0) is 4.79 Å².